The maximum Gasteiger partial charge on any atom is 0.187 e. The molecule has 3 saturated carbocycles. The van der Waals surface area contributed by atoms with E-state index in [2.05, 4.69) is 47.6 Å². The quantitative estimate of drug-likeness (QED) is 0.0543. The van der Waals surface area contributed by atoms with Crippen molar-refractivity contribution in [1.29, 1.82) is 0 Å². The molecule has 0 aromatic rings. The van der Waals surface area contributed by atoms with Gasteiger partial charge in [0.1, 0.15) is 116 Å². The molecule has 28 heteroatoms. The number of aliphatic hydroxyl groups excluding tert-OH is 17. The standard InChI is InChI=1S/C60H102O28/c1-23(25-16-17-58(7)32-13-11-26-27(60(32,9)33(64)18-59(25,58)8)12-15-34(56(26,3)4)85-52-46(75)41(70)37(66)28(19-61)81-52)10-14-35(57(5,6)78)86-55-50(43(72)39(68)31(84-55)22-79-51-45(74)40(69)36(65)24(2)80-51)88-54-48(77)44(73)49(30(21-63)83-54)87-53-47(76)42(71)38(67)29(20-62)82-53/h11,23-25,27-55,61-78H,10,12-22H2,1-9H3/t23-,24-,25?,27?,28-,29-,30+,31-,32?,33-,34+,35-,36-,37-,38-,39-,40+,41+,42+,43+,44+,45-,46-,47-,48+,49+,50-,51+,52+,53-,54-,55+,58+,59-,60+/m1/s1. The summed E-state index contributed by atoms with van der Waals surface area (Å²) in [6.07, 6.45) is -37.0. The lowest BCUT2D eigenvalue weighted by Crippen LogP contribution is -2.67. The minimum absolute atomic E-state index is 0.0167. The third-order valence-electron chi connectivity index (χ3n) is 22.9. The van der Waals surface area contributed by atoms with E-state index < -0.39 is 215 Å². The fourth-order valence-electron chi connectivity index (χ4n) is 17.1. The number of aliphatic hydroxyl groups is 18. The van der Waals surface area contributed by atoms with Crippen LogP contribution < -0.4 is 0 Å². The molecule has 0 bridgehead atoms. The summed E-state index contributed by atoms with van der Waals surface area (Å²) in [5.41, 5.74) is -2.26. The van der Waals surface area contributed by atoms with Crippen LogP contribution >= 0.6 is 0 Å². The first-order valence-electron chi connectivity index (χ1n) is 31.4. The largest absolute Gasteiger partial charge is 0.394 e. The van der Waals surface area contributed by atoms with Crippen molar-refractivity contribution >= 4 is 0 Å². The van der Waals surface area contributed by atoms with Crippen LogP contribution in [0.4, 0.5) is 0 Å². The molecule has 5 saturated heterocycles. The average Bonchev–Trinajstić information content (AvgIpc) is 1.27. The van der Waals surface area contributed by atoms with Crippen LogP contribution in [0.2, 0.25) is 0 Å². The highest BCUT2D eigenvalue weighted by Crippen LogP contribution is 2.75. The number of allylic oxidation sites excluding steroid dienone is 1. The average molecular weight is 1270 g/mol. The molecule has 88 heavy (non-hydrogen) atoms. The normalized spacial score (nSPS) is 52.2. The number of rotatable bonds is 19. The van der Waals surface area contributed by atoms with Gasteiger partial charge in [0.15, 0.2) is 31.5 Å². The lowest BCUT2D eigenvalue weighted by molar-refractivity contribution is -0.391. The number of fused-ring (bicyclic) bond motifs is 5. The summed E-state index contributed by atoms with van der Waals surface area (Å²) in [7, 11) is 0. The highest BCUT2D eigenvalue weighted by atomic mass is 16.8. The monoisotopic (exact) mass is 1270 g/mol. The zero-order valence-corrected chi connectivity index (χ0v) is 51.7. The van der Waals surface area contributed by atoms with Crippen LogP contribution in [0.25, 0.3) is 0 Å². The zero-order chi connectivity index (χ0) is 64.8. The summed E-state index contributed by atoms with van der Waals surface area (Å²) in [5.74, 6) is 0.0942. The molecule has 18 N–H and O–H groups in total. The first-order valence-corrected chi connectivity index (χ1v) is 31.4. The second-order valence-electron chi connectivity index (χ2n) is 28.7. The molecule has 35 atom stereocenters. The van der Waals surface area contributed by atoms with Crippen molar-refractivity contribution < 1.29 is 139 Å². The van der Waals surface area contributed by atoms with E-state index in [0.717, 1.165) is 18.4 Å². The molecule has 510 valence electrons. The van der Waals surface area contributed by atoms with Crippen molar-refractivity contribution in [3.63, 3.8) is 0 Å². The molecule has 9 rings (SSSR count). The Morgan fingerprint density at radius 3 is 1.62 bits per heavy atom. The van der Waals surface area contributed by atoms with Crippen molar-refractivity contribution in [2.24, 2.45) is 45.3 Å². The third kappa shape index (κ3) is 12.6. The lowest BCUT2D eigenvalue weighted by atomic mass is 9.38. The second kappa shape index (κ2) is 27.0. The van der Waals surface area contributed by atoms with E-state index in [9.17, 15) is 91.9 Å². The maximum atomic E-state index is 12.8. The molecule has 5 heterocycles. The van der Waals surface area contributed by atoms with Gasteiger partial charge >= 0.3 is 0 Å². The molecule has 28 nitrogen and oxygen atoms in total. The molecule has 0 spiro atoms. The van der Waals surface area contributed by atoms with E-state index in [1.807, 2.05) is 0 Å². The number of hydrogen-bond donors (Lipinski definition) is 18. The second-order valence-corrected chi connectivity index (χ2v) is 28.7. The molecule has 0 aromatic carbocycles. The van der Waals surface area contributed by atoms with Gasteiger partial charge in [0.25, 0.3) is 0 Å². The highest BCUT2D eigenvalue weighted by molar-refractivity contribution is 5.32. The van der Waals surface area contributed by atoms with E-state index >= 15 is 0 Å². The predicted octanol–water partition coefficient (Wildman–Crippen LogP) is -4.38. The van der Waals surface area contributed by atoms with Crippen molar-refractivity contribution in [2.75, 3.05) is 26.4 Å². The van der Waals surface area contributed by atoms with Crippen LogP contribution in [0.1, 0.15) is 114 Å². The van der Waals surface area contributed by atoms with Gasteiger partial charge in [0, 0.05) is 10.8 Å². The summed E-state index contributed by atoms with van der Waals surface area (Å²) in [5, 5.41) is 196. The predicted molar refractivity (Wildman–Crippen MR) is 299 cm³/mol. The summed E-state index contributed by atoms with van der Waals surface area (Å²) in [6.45, 7) is 14.6. The van der Waals surface area contributed by atoms with E-state index in [1.54, 1.807) is 0 Å². The Morgan fingerprint density at radius 1 is 0.545 bits per heavy atom. The third-order valence-corrected chi connectivity index (χ3v) is 22.9. The van der Waals surface area contributed by atoms with Crippen LogP contribution in [0.5, 0.6) is 0 Å². The van der Waals surface area contributed by atoms with Crippen molar-refractivity contribution in [3.8, 4) is 0 Å². The Balaban J connectivity index is 0.917. The molecule has 8 fully saturated rings. The van der Waals surface area contributed by atoms with Gasteiger partial charge < -0.3 is 139 Å². The van der Waals surface area contributed by atoms with Gasteiger partial charge in [-0.05, 0) is 107 Å². The summed E-state index contributed by atoms with van der Waals surface area (Å²) >= 11 is 0. The molecular weight excluding hydrogens is 1170 g/mol. The molecule has 0 aromatic heterocycles. The van der Waals surface area contributed by atoms with Crippen molar-refractivity contribution in [3.05, 3.63) is 11.6 Å². The Bertz CT molecular complexity index is 2330. The lowest BCUT2D eigenvalue weighted by Gasteiger charge is -2.67. The Hall–Kier alpha value is -1.38. The topological polar surface area (TPSA) is 456 Å². The molecule has 9 aliphatic rings. The van der Waals surface area contributed by atoms with E-state index in [1.165, 1.54) is 20.8 Å². The first kappa shape index (κ1) is 70.9. The van der Waals surface area contributed by atoms with Gasteiger partial charge in [0.05, 0.1) is 56.4 Å². The van der Waals surface area contributed by atoms with E-state index in [0.29, 0.717) is 32.1 Å². The number of ether oxygens (including phenoxy) is 10. The molecule has 0 amide bonds. The number of hydrogen-bond acceptors (Lipinski definition) is 28. The van der Waals surface area contributed by atoms with Crippen molar-refractivity contribution in [1.82, 2.24) is 0 Å². The fourth-order valence-corrected chi connectivity index (χ4v) is 17.1. The zero-order valence-electron chi connectivity index (χ0n) is 51.7. The molecule has 0 radical (unpaired) electrons. The van der Waals surface area contributed by atoms with Gasteiger partial charge in [0.2, 0.25) is 0 Å². The van der Waals surface area contributed by atoms with Gasteiger partial charge in [-0.25, -0.2) is 0 Å². The highest BCUT2D eigenvalue weighted by Gasteiger charge is 2.70. The molecule has 5 aliphatic heterocycles. The van der Waals surface area contributed by atoms with Crippen LogP contribution in [0, 0.1) is 45.3 Å². The fraction of sp³-hybridized carbons (Fsp3) is 0.967. The van der Waals surface area contributed by atoms with Gasteiger partial charge in [-0.15, -0.1) is 0 Å². The summed E-state index contributed by atoms with van der Waals surface area (Å²) in [6, 6.07) is 0. The summed E-state index contributed by atoms with van der Waals surface area (Å²) in [4.78, 5) is 0. The first-order chi connectivity index (χ1) is 41.1. The Kier molecular flexibility index (Phi) is 21.8. The minimum atomic E-state index is -2.10. The SMILES string of the molecule is C[C@H](CC[C@@H](O[C@@H]1O[C@H](CO[C@H]2O[C@H](C)[C@@H](O)[C@H](O)[C@H]2O)[C@@H](O)[C@H](O)[C@H]1O[C@H]1O[C@@H](CO)[C@H](O[C@H]2O[C@H](CO)[C@@H](O)[C@H](O)[C@H]2O)[C@@H](O)[C@@H]1O)C(C)(C)O)C1CC[C@@]2(C)C3CC=C4C(CC[C@H](O[C@@H]5O[C@H](CO)[C@@H](O)[C@H](O)[C@H]5O)C4(C)C)[C@]3(C)[C@H](O)C[C@]12C. The van der Waals surface area contributed by atoms with Crippen LogP contribution in [0.15, 0.2) is 11.6 Å². The van der Waals surface area contributed by atoms with E-state index in [4.69, 9.17) is 47.4 Å². The van der Waals surface area contributed by atoms with Gasteiger partial charge in [-0.2, -0.15) is 0 Å². The Labute approximate surface area is 512 Å². The minimum Gasteiger partial charge on any atom is -0.394 e. The van der Waals surface area contributed by atoms with Gasteiger partial charge in [-0.3, -0.25) is 0 Å². The Morgan fingerprint density at radius 2 is 1.05 bits per heavy atom. The van der Waals surface area contributed by atoms with Crippen molar-refractivity contribution in [2.45, 2.75) is 291 Å². The molecule has 4 aliphatic carbocycles. The van der Waals surface area contributed by atoms with Gasteiger partial charge in [-0.1, -0.05) is 53.2 Å². The van der Waals surface area contributed by atoms with E-state index in [-0.39, 0.29) is 40.9 Å². The smallest absolute Gasteiger partial charge is 0.187 e. The molecular formula is C60H102O28. The van der Waals surface area contributed by atoms with Crippen LogP contribution in [-0.2, 0) is 47.4 Å². The summed E-state index contributed by atoms with van der Waals surface area (Å²) < 4.78 is 59.8. The van der Waals surface area contributed by atoms with Crippen LogP contribution in [-0.4, -0.2) is 296 Å². The molecule has 3 unspecified atom stereocenters. The van der Waals surface area contributed by atoms with Crippen LogP contribution in [0.3, 0.4) is 0 Å². The maximum absolute atomic E-state index is 12.8.